The minimum absolute atomic E-state index is 0.725. The van der Waals surface area contributed by atoms with Crippen LogP contribution in [0.4, 0.5) is 0 Å². The minimum atomic E-state index is 0.725. The molecule has 2 nitrogen and oxygen atoms in total. The molecule has 0 atom stereocenters. The molecule has 0 bridgehead atoms. The van der Waals surface area contributed by atoms with Gasteiger partial charge in [-0.1, -0.05) is 12.8 Å². The van der Waals surface area contributed by atoms with Gasteiger partial charge >= 0.3 is 0 Å². The van der Waals surface area contributed by atoms with E-state index in [1.165, 1.54) is 41.1 Å². The van der Waals surface area contributed by atoms with E-state index in [-0.39, 0.29) is 0 Å². The van der Waals surface area contributed by atoms with Gasteiger partial charge < -0.3 is 5.32 Å². The summed E-state index contributed by atoms with van der Waals surface area (Å²) >= 11 is 3.55. The Hall–Kier alpha value is -0.710. The summed E-state index contributed by atoms with van der Waals surface area (Å²) in [6.07, 6.45) is 7.44. The van der Waals surface area contributed by atoms with E-state index in [0.717, 1.165) is 12.6 Å². The van der Waals surface area contributed by atoms with Gasteiger partial charge in [-0.3, -0.25) is 0 Å². The van der Waals surface area contributed by atoms with Gasteiger partial charge in [0.1, 0.15) is 5.01 Å². The van der Waals surface area contributed by atoms with E-state index in [9.17, 15) is 0 Å². The van der Waals surface area contributed by atoms with Crippen molar-refractivity contribution >= 4 is 22.7 Å². The molecule has 1 fully saturated rings. The van der Waals surface area contributed by atoms with Gasteiger partial charge in [0.05, 0.1) is 4.88 Å². The van der Waals surface area contributed by atoms with Crippen LogP contribution < -0.4 is 5.32 Å². The van der Waals surface area contributed by atoms with Crippen LogP contribution in [-0.4, -0.2) is 11.0 Å². The summed E-state index contributed by atoms with van der Waals surface area (Å²) < 4.78 is 0. The zero-order valence-corrected chi connectivity index (χ0v) is 11.3. The molecule has 4 heteroatoms. The second-order valence-electron chi connectivity index (χ2n) is 4.49. The summed E-state index contributed by atoms with van der Waals surface area (Å²) in [5.74, 6) is 0. The first-order chi connectivity index (χ1) is 8.42. The van der Waals surface area contributed by atoms with E-state index in [0.29, 0.717) is 0 Å². The topological polar surface area (TPSA) is 24.9 Å². The summed E-state index contributed by atoms with van der Waals surface area (Å²) in [5, 5.41) is 9.11. The number of rotatable bonds is 4. The molecule has 1 aliphatic rings. The molecule has 2 aromatic rings. The number of aromatic nitrogens is 1. The highest BCUT2D eigenvalue weighted by atomic mass is 32.1. The lowest BCUT2D eigenvalue weighted by Gasteiger charge is -2.09. The zero-order chi connectivity index (χ0) is 11.5. The SMILES string of the molecule is c1cc(-c2cnc(CNC3CCCC3)s2)cs1. The van der Waals surface area contributed by atoms with E-state index in [1.807, 2.05) is 17.5 Å². The van der Waals surface area contributed by atoms with Crippen LogP contribution in [-0.2, 0) is 6.54 Å². The van der Waals surface area contributed by atoms with Crippen molar-refractivity contribution in [3.8, 4) is 10.4 Å². The predicted molar refractivity (Wildman–Crippen MR) is 74.5 cm³/mol. The van der Waals surface area contributed by atoms with Gasteiger partial charge in [-0.2, -0.15) is 11.3 Å². The van der Waals surface area contributed by atoms with Crippen molar-refractivity contribution < 1.29 is 0 Å². The summed E-state index contributed by atoms with van der Waals surface area (Å²) in [4.78, 5) is 5.78. The Bertz CT molecular complexity index is 455. The fourth-order valence-corrected chi connectivity index (χ4v) is 3.89. The van der Waals surface area contributed by atoms with Gasteiger partial charge in [0.2, 0.25) is 0 Å². The van der Waals surface area contributed by atoms with Crippen molar-refractivity contribution in [1.29, 1.82) is 0 Å². The molecule has 0 saturated heterocycles. The Morgan fingerprint density at radius 1 is 1.35 bits per heavy atom. The third-order valence-electron chi connectivity index (χ3n) is 3.26. The molecule has 0 spiro atoms. The second kappa shape index (κ2) is 5.29. The summed E-state index contributed by atoms with van der Waals surface area (Å²) in [7, 11) is 0. The van der Waals surface area contributed by atoms with Gasteiger partial charge in [-0.25, -0.2) is 4.98 Å². The van der Waals surface area contributed by atoms with E-state index >= 15 is 0 Å². The largest absolute Gasteiger partial charge is 0.308 e. The average molecular weight is 264 g/mol. The molecule has 0 aliphatic heterocycles. The van der Waals surface area contributed by atoms with Gasteiger partial charge in [-0.15, -0.1) is 11.3 Å². The van der Waals surface area contributed by atoms with Crippen LogP contribution >= 0.6 is 22.7 Å². The van der Waals surface area contributed by atoms with Crippen molar-refractivity contribution in [1.82, 2.24) is 10.3 Å². The molecular formula is C13H16N2S2. The maximum absolute atomic E-state index is 4.49. The number of thiophene rings is 1. The van der Waals surface area contributed by atoms with Gasteiger partial charge in [0, 0.05) is 24.3 Å². The summed E-state index contributed by atoms with van der Waals surface area (Å²) in [6, 6.07) is 2.88. The molecule has 1 aliphatic carbocycles. The Labute approximate surface area is 110 Å². The number of hydrogen-bond acceptors (Lipinski definition) is 4. The molecule has 0 amide bonds. The Morgan fingerprint density at radius 3 is 3.00 bits per heavy atom. The van der Waals surface area contributed by atoms with Crippen LogP contribution in [0, 0.1) is 0 Å². The van der Waals surface area contributed by atoms with Crippen LogP contribution in [0.2, 0.25) is 0 Å². The van der Waals surface area contributed by atoms with Gasteiger partial charge in [0.15, 0.2) is 0 Å². The summed E-state index contributed by atoms with van der Waals surface area (Å²) in [6.45, 7) is 0.930. The first-order valence-electron chi connectivity index (χ1n) is 6.12. The lowest BCUT2D eigenvalue weighted by Crippen LogP contribution is -2.25. The molecule has 0 unspecified atom stereocenters. The second-order valence-corrected chi connectivity index (χ2v) is 6.39. The Balaban J connectivity index is 1.60. The Kier molecular flexibility index (Phi) is 3.54. The quantitative estimate of drug-likeness (QED) is 0.906. The average Bonchev–Trinajstić information content (AvgIpc) is 3.09. The molecule has 1 saturated carbocycles. The van der Waals surface area contributed by atoms with Crippen LogP contribution in [0.5, 0.6) is 0 Å². The first-order valence-corrected chi connectivity index (χ1v) is 7.88. The van der Waals surface area contributed by atoms with E-state index < -0.39 is 0 Å². The molecule has 2 aromatic heterocycles. The predicted octanol–water partition coefficient (Wildman–Crippen LogP) is 3.90. The number of hydrogen-bond donors (Lipinski definition) is 1. The number of nitrogens with zero attached hydrogens (tertiary/aromatic N) is 1. The molecule has 1 N–H and O–H groups in total. The van der Waals surface area contributed by atoms with Crippen molar-refractivity contribution in [2.45, 2.75) is 38.3 Å². The normalized spacial score (nSPS) is 16.7. The van der Waals surface area contributed by atoms with Gasteiger partial charge in [-0.05, 0) is 29.7 Å². The van der Waals surface area contributed by atoms with Crippen LogP contribution in [0.1, 0.15) is 30.7 Å². The lowest BCUT2D eigenvalue weighted by molar-refractivity contribution is 0.523. The highest BCUT2D eigenvalue weighted by molar-refractivity contribution is 7.15. The van der Waals surface area contributed by atoms with Crippen LogP contribution in [0.15, 0.2) is 23.0 Å². The Morgan fingerprint density at radius 2 is 2.24 bits per heavy atom. The maximum Gasteiger partial charge on any atom is 0.107 e. The fraction of sp³-hybridized carbons (Fsp3) is 0.462. The third kappa shape index (κ3) is 2.76. The van der Waals surface area contributed by atoms with Crippen molar-refractivity contribution in [2.24, 2.45) is 0 Å². The minimum Gasteiger partial charge on any atom is -0.308 e. The highest BCUT2D eigenvalue weighted by Gasteiger charge is 2.14. The number of thiazole rings is 1. The molecule has 2 heterocycles. The standard InChI is InChI=1S/C13H16N2S2/c1-2-4-11(3-1)14-8-13-15-7-12(17-13)10-5-6-16-9-10/h5-7,9,11,14H,1-4,8H2. The van der Waals surface area contributed by atoms with E-state index in [4.69, 9.17) is 0 Å². The van der Waals surface area contributed by atoms with Gasteiger partial charge in [0.25, 0.3) is 0 Å². The van der Waals surface area contributed by atoms with Crippen LogP contribution in [0.25, 0.3) is 10.4 Å². The monoisotopic (exact) mass is 264 g/mol. The van der Waals surface area contributed by atoms with Crippen molar-refractivity contribution in [3.05, 3.63) is 28.0 Å². The molecule has 0 aromatic carbocycles. The number of nitrogens with one attached hydrogen (secondary N) is 1. The summed E-state index contributed by atoms with van der Waals surface area (Å²) in [5.41, 5.74) is 1.31. The first kappa shape index (κ1) is 11.4. The zero-order valence-electron chi connectivity index (χ0n) is 9.69. The molecule has 0 radical (unpaired) electrons. The van der Waals surface area contributed by atoms with E-state index in [2.05, 4.69) is 27.1 Å². The van der Waals surface area contributed by atoms with E-state index in [1.54, 1.807) is 11.3 Å². The molecule has 3 rings (SSSR count). The highest BCUT2D eigenvalue weighted by Crippen LogP contribution is 2.28. The molecule has 90 valence electrons. The lowest BCUT2D eigenvalue weighted by atomic mass is 10.2. The van der Waals surface area contributed by atoms with Crippen molar-refractivity contribution in [3.63, 3.8) is 0 Å². The fourth-order valence-electron chi connectivity index (χ4n) is 2.29. The maximum atomic E-state index is 4.49. The smallest absolute Gasteiger partial charge is 0.107 e. The molecular weight excluding hydrogens is 248 g/mol. The van der Waals surface area contributed by atoms with Crippen LogP contribution in [0.3, 0.4) is 0 Å². The molecule has 17 heavy (non-hydrogen) atoms. The van der Waals surface area contributed by atoms with Crippen molar-refractivity contribution in [2.75, 3.05) is 0 Å². The third-order valence-corrected chi connectivity index (χ3v) is 4.99.